The van der Waals surface area contributed by atoms with Gasteiger partial charge in [0.25, 0.3) is 0 Å². The van der Waals surface area contributed by atoms with E-state index < -0.39 is 17.9 Å². The second-order valence-corrected chi connectivity index (χ2v) is 7.24. The van der Waals surface area contributed by atoms with Crippen molar-refractivity contribution in [2.75, 3.05) is 17.7 Å². The first kappa shape index (κ1) is 18.2. The van der Waals surface area contributed by atoms with E-state index in [0.29, 0.717) is 12.0 Å². The molecule has 0 saturated heterocycles. The summed E-state index contributed by atoms with van der Waals surface area (Å²) in [6, 6.07) is 13.2. The molecule has 1 aliphatic carbocycles. The summed E-state index contributed by atoms with van der Waals surface area (Å²) in [6.45, 7) is 1.88. The lowest BCUT2D eigenvalue weighted by Gasteiger charge is -2.32. The number of para-hydroxylation sites is 2. The minimum atomic E-state index is -0.850. The van der Waals surface area contributed by atoms with Crippen molar-refractivity contribution >= 4 is 23.1 Å². The van der Waals surface area contributed by atoms with Gasteiger partial charge in [0.05, 0.1) is 24.5 Å². The van der Waals surface area contributed by atoms with Crippen LogP contribution in [-0.4, -0.2) is 18.9 Å². The Morgan fingerprint density at radius 1 is 1.11 bits per heavy atom. The molecule has 2 aromatic rings. The van der Waals surface area contributed by atoms with Crippen LogP contribution in [0.2, 0.25) is 0 Å². The fourth-order valence-electron chi connectivity index (χ4n) is 4.04. The fourth-order valence-corrected chi connectivity index (χ4v) is 4.04. The van der Waals surface area contributed by atoms with Crippen LogP contribution in [0.4, 0.5) is 15.8 Å². The molecular weight excluding hydrogens is 359 g/mol. The summed E-state index contributed by atoms with van der Waals surface area (Å²) >= 11 is 0. The van der Waals surface area contributed by atoms with Crippen LogP contribution in [0.15, 0.2) is 59.8 Å². The van der Waals surface area contributed by atoms with E-state index in [0.717, 1.165) is 22.6 Å². The molecule has 3 unspecified atom stereocenters. The van der Waals surface area contributed by atoms with Crippen LogP contribution in [0.25, 0.3) is 0 Å². The van der Waals surface area contributed by atoms with Crippen molar-refractivity contribution in [2.24, 2.45) is 11.8 Å². The Bertz CT molecular complexity index is 968. The largest absolute Gasteiger partial charge is 0.468 e. The Balaban J connectivity index is 1.87. The standard InChI is InChI=1S/C22H21FN2O3/c1-12-11-17-19(21(26)18(12)22(27)28-2)20(13-7-9-14(23)10-8-13)25-16-6-4-3-5-15(16)24-17/h3-10,12,18,20,24-25H,11H2,1-2H3. The molecule has 1 aliphatic heterocycles. The monoisotopic (exact) mass is 380 g/mol. The van der Waals surface area contributed by atoms with Gasteiger partial charge in [-0.1, -0.05) is 31.2 Å². The molecule has 144 valence electrons. The average molecular weight is 380 g/mol. The fraction of sp³-hybridized carbons (Fsp3) is 0.273. The predicted molar refractivity (Wildman–Crippen MR) is 104 cm³/mol. The number of methoxy groups -OCH3 is 1. The number of carbonyl (C=O) groups is 2. The Kier molecular flexibility index (Phi) is 4.63. The SMILES string of the molecule is COC(=O)C1C(=O)C2=C(CC1C)Nc1ccccc1NC2c1ccc(F)cc1. The molecule has 0 bridgehead atoms. The molecule has 3 atom stereocenters. The van der Waals surface area contributed by atoms with Crippen LogP contribution in [-0.2, 0) is 14.3 Å². The Morgan fingerprint density at radius 2 is 1.79 bits per heavy atom. The lowest BCUT2D eigenvalue weighted by Crippen LogP contribution is -2.39. The average Bonchev–Trinajstić information content (AvgIpc) is 2.85. The summed E-state index contributed by atoms with van der Waals surface area (Å²) in [5.74, 6) is -2.17. The summed E-state index contributed by atoms with van der Waals surface area (Å²) in [6.07, 6.45) is 0.536. The Hall–Kier alpha value is -3.15. The molecule has 28 heavy (non-hydrogen) atoms. The summed E-state index contributed by atoms with van der Waals surface area (Å²) in [7, 11) is 1.29. The highest BCUT2D eigenvalue weighted by molar-refractivity contribution is 6.11. The summed E-state index contributed by atoms with van der Waals surface area (Å²) in [4.78, 5) is 25.7. The van der Waals surface area contributed by atoms with Gasteiger partial charge < -0.3 is 15.4 Å². The van der Waals surface area contributed by atoms with Crippen LogP contribution < -0.4 is 10.6 Å². The number of anilines is 2. The van der Waals surface area contributed by atoms with Gasteiger partial charge >= 0.3 is 5.97 Å². The Labute approximate surface area is 162 Å². The van der Waals surface area contributed by atoms with E-state index in [2.05, 4.69) is 10.6 Å². The molecule has 2 N–H and O–H groups in total. The number of hydrogen-bond donors (Lipinski definition) is 2. The minimum absolute atomic E-state index is 0.190. The molecule has 4 rings (SSSR count). The first-order valence-electron chi connectivity index (χ1n) is 9.22. The summed E-state index contributed by atoms with van der Waals surface area (Å²) < 4.78 is 18.4. The molecule has 5 nitrogen and oxygen atoms in total. The van der Waals surface area contributed by atoms with Crippen molar-refractivity contribution in [3.63, 3.8) is 0 Å². The molecule has 6 heteroatoms. The van der Waals surface area contributed by atoms with E-state index in [9.17, 15) is 14.0 Å². The van der Waals surface area contributed by atoms with Crippen LogP contribution in [0, 0.1) is 17.7 Å². The maximum absolute atomic E-state index is 13.5. The van der Waals surface area contributed by atoms with E-state index >= 15 is 0 Å². The van der Waals surface area contributed by atoms with E-state index in [1.54, 1.807) is 12.1 Å². The van der Waals surface area contributed by atoms with Gasteiger partial charge in [-0.2, -0.15) is 0 Å². The number of rotatable bonds is 2. The van der Waals surface area contributed by atoms with E-state index in [1.807, 2.05) is 31.2 Å². The van der Waals surface area contributed by atoms with Crippen molar-refractivity contribution in [3.05, 3.63) is 71.2 Å². The number of Topliss-reactive ketones (excluding diaryl/α,β-unsaturated/α-hetero) is 1. The number of nitrogens with one attached hydrogen (secondary N) is 2. The first-order chi connectivity index (χ1) is 13.5. The number of fused-ring (bicyclic) bond motifs is 1. The van der Waals surface area contributed by atoms with Crippen LogP contribution in [0.3, 0.4) is 0 Å². The minimum Gasteiger partial charge on any atom is -0.468 e. The normalized spacial score (nSPS) is 23.7. The maximum atomic E-state index is 13.5. The van der Waals surface area contributed by atoms with Gasteiger partial charge in [0.1, 0.15) is 11.7 Å². The van der Waals surface area contributed by atoms with Crippen molar-refractivity contribution in [2.45, 2.75) is 19.4 Å². The second kappa shape index (κ2) is 7.11. The highest BCUT2D eigenvalue weighted by atomic mass is 19.1. The molecule has 0 radical (unpaired) electrons. The number of halogens is 1. The maximum Gasteiger partial charge on any atom is 0.316 e. The van der Waals surface area contributed by atoms with E-state index in [4.69, 9.17) is 4.74 Å². The van der Waals surface area contributed by atoms with Gasteiger partial charge in [0.2, 0.25) is 0 Å². The molecule has 2 aliphatic rings. The molecule has 0 aromatic heterocycles. The third-order valence-electron chi connectivity index (χ3n) is 5.43. The van der Waals surface area contributed by atoms with Gasteiger partial charge in [-0.15, -0.1) is 0 Å². The summed E-state index contributed by atoms with van der Waals surface area (Å²) in [5, 5.41) is 6.78. The number of hydrogen-bond acceptors (Lipinski definition) is 5. The molecule has 2 aromatic carbocycles. The zero-order valence-electron chi connectivity index (χ0n) is 15.7. The van der Waals surface area contributed by atoms with Crippen molar-refractivity contribution in [3.8, 4) is 0 Å². The van der Waals surface area contributed by atoms with Gasteiger partial charge in [0.15, 0.2) is 5.78 Å². The van der Waals surface area contributed by atoms with E-state index in [-0.39, 0.29) is 17.5 Å². The molecule has 0 amide bonds. The second-order valence-electron chi connectivity index (χ2n) is 7.24. The predicted octanol–water partition coefficient (Wildman–Crippen LogP) is 4.06. The quantitative estimate of drug-likeness (QED) is 0.608. The molecule has 0 saturated carbocycles. The molecule has 1 heterocycles. The van der Waals surface area contributed by atoms with Crippen LogP contribution >= 0.6 is 0 Å². The summed E-state index contributed by atoms with van der Waals surface area (Å²) in [5.41, 5.74) is 3.72. The van der Waals surface area contributed by atoms with Crippen LogP contribution in [0.1, 0.15) is 24.9 Å². The zero-order valence-corrected chi connectivity index (χ0v) is 15.7. The highest BCUT2D eigenvalue weighted by Gasteiger charge is 2.44. The van der Waals surface area contributed by atoms with Crippen molar-refractivity contribution in [1.29, 1.82) is 0 Å². The lowest BCUT2D eigenvalue weighted by atomic mass is 9.75. The molecule has 0 spiro atoms. The van der Waals surface area contributed by atoms with Crippen molar-refractivity contribution < 1.29 is 18.7 Å². The van der Waals surface area contributed by atoms with Crippen molar-refractivity contribution in [1.82, 2.24) is 0 Å². The van der Waals surface area contributed by atoms with Gasteiger partial charge in [-0.3, -0.25) is 9.59 Å². The van der Waals surface area contributed by atoms with Gasteiger partial charge in [0, 0.05) is 11.3 Å². The number of benzene rings is 2. The Morgan fingerprint density at radius 3 is 2.46 bits per heavy atom. The zero-order chi connectivity index (χ0) is 19.8. The van der Waals surface area contributed by atoms with Gasteiger partial charge in [-0.25, -0.2) is 4.39 Å². The van der Waals surface area contributed by atoms with E-state index in [1.165, 1.54) is 19.2 Å². The smallest absolute Gasteiger partial charge is 0.316 e. The van der Waals surface area contributed by atoms with Gasteiger partial charge in [-0.05, 0) is 42.2 Å². The highest BCUT2D eigenvalue weighted by Crippen LogP contribution is 2.43. The number of carbonyl (C=O) groups excluding carboxylic acids is 2. The number of ketones is 1. The number of esters is 1. The van der Waals surface area contributed by atoms with Crippen LogP contribution in [0.5, 0.6) is 0 Å². The number of allylic oxidation sites excluding steroid dienone is 1. The molecular formula is C22H21FN2O3. The lowest BCUT2D eigenvalue weighted by molar-refractivity contribution is -0.151. The number of ether oxygens (including phenoxy) is 1. The third kappa shape index (κ3) is 3.05. The third-order valence-corrected chi connectivity index (χ3v) is 5.43. The first-order valence-corrected chi connectivity index (χ1v) is 9.22. The topological polar surface area (TPSA) is 67.4 Å². The molecule has 0 fully saturated rings.